The average Bonchev–Trinajstić information content (AvgIpc) is 2.18. The average molecular weight is 212 g/mol. The van der Waals surface area contributed by atoms with E-state index in [-0.39, 0.29) is 25.6 Å². The number of aliphatic carboxylic acids is 1. The summed E-state index contributed by atoms with van der Waals surface area (Å²) in [6.45, 7) is 1.38. The minimum absolute atomic E-state index is 0.0631. The zero-order valence-corrected chi connectivity index (χ0v) is 8.68. The Labute approximate surface area is 88.5 Å². The topological polar surface area (TPSA) is 77.8 Å². The third kappa shape index (κ3) is 2.11. The molecule has 0 saturated heterocycles. The summed E-state index contributed by atoms with van der Waals surface area (Å²) in [5, 5.41) is 27.5. The molecule has 1 unspecified atom stereocenters. The Bertz CT molecular complexity index is 300. The van der Waals surface area contributed by atoms with Gasteiger partial charge in [-0.3, -0.25) is 4.79 Å². The highest BCUT2D eigenvalue weighted by Gasteiger charge is 2.39. The molecule has 0 heterocycles. The quantitative estimate of drug-likeness (QED) is 0.636. The molecule has 0 saturated carbocycles. The van der Waals surface area contributed by atoms with E-state index < -0.39 is 11.4 Å². The molecule has 1 aliphatic carbocycles. The minimum Gasteiger partial charge on any atom is -0.481 e. The van der Waals surface area contributed by atoms with Crippen LogP contribution in [-0.2, 0) is 4.79 Å². The molecule has 3 N–H and O–H groups in total. The molecule has 1 atom stereocenters. The predicted octanol–water partition coefficient (Wildman–Crippen LogP) is 0.564. The first-order valence-electron chi connectivity index (χ1n) is 4.88. The molecule has 4 heteroatoms. The third-order valence-corrected chi connectivity index (χ3v) is 3.11. The summed E-state index contributed by atoms with van der Waals surface area (Å²) in [5.74, 6) is -1.01. The van der Waals surface area contributed by atoms with Crippen LogP contribution < -0.4 is 0 Å². The van der Waals surface area contributed by atoms with Gasteiger partial charge < -0.3 is 15.3 Å². The number of carboxylic acids is 1. The second kappa shape index (κ2) is 4.59. The highest BCUT2D eigenvalue weighted by atomic mass is 16.4. The summed E-state index contributed by atoms with van der Waals surface area (Å²) in [5.41, 5.74) is -0.248. The number of carbonyl (C=O) groups is 1. The number of aliphatic hydroxyl groups excluding tert-OH is 2. The van der Waals surface area contributed by atoms with Crippen molar-refractivity contribution in [3.05, 3.63) is 23.8 Å². The van der Waals surface area contributed by atoms with E-state index in [1.54, 1.807) is 12.2 Å². The van der Waals surface area contributed by atoms with Gasteiger partial charge in [0.25, 0.3) is 0 Å². The number of aliphatic hydroxyl groups is 2. The second-order valence-electron chi connectivity index (χ2n) is 3.91. The molecule has 0 aromatic rings. The third-order valence-electron chi connectivity index (χ3n) is 3.11. The number of carboxylic acid groups (broad SMARTS) is 1. The molecule has 0 aliphatic heterocycles. The lowest BCUT2D eigenvalue weighted by atomic mass is 9.68. The van der Waals surface area contributed by atoms with E-state index in [4.69, 9.17) is 5.11 Å². The van der Waals surface area contributed by atoms with Gasteiger partial charge in [-0.25, -0.2) is 0 Å². The standard InChI is InChI=1S/C11H16O4/c1-8-3-2-4-9(5-10(14)15)11(8,6-12)7-13/h2-4,8,12-13H,5-7H2,1H3,(H,14,15). The van der Waals surface area contributed by atoms with Crippen LogP contribution in [0.2, 0.25) is 0 Å². The summed E-state index contributed by atoms with van der Waals surface area (Å²) in [6, 6.07) is 0. The summed E-state index contributed by atoms with van der Waals surface area (Å²) < 4.78 is 0. The van der Waals surface area contributed by atoms with Crippen molar-refractivity contribution in [3.63, 3.8) is 0 Å². The fourth-order valence-electron chi connectivity index (χ4n) is 1.92. The maximum atomic E-state index is 10.7. The Morgan fingerprint density at radius 1 is 1.47 bits per heavy atom. The normalized spacial score (nSPS) is 23.7. The highest BCUT2D eigenvalue weighted by Crippen LogP contribution is 2.40. The molecule has 0 aromatic carbocycles. The number of allylic oxidation sites excluding steroid dienone is 3. The summed E-state index contributed by atoms with van der Waals surface area (Å²) in [7, 11) is 0. The van der Waals surface area contributed by atoms with Crippen molar-refractivity contribution in [3.8, 4) is 0 Å². The van der Waals surface area contributed by atoms with Crippen molar-refractivity contribution < 1.29 is 20.1 Å². The maximum Gasteiger partial charge on any atom is 0.307 e. The van der Waals surface area contributed by atoms with E-state index in [9.17, 15) is 15.0 Å². The number of hydrogen-bond acceptors (Lipinski definition) is 3. The van der Waals surface area contributed by atoms with Gasteiger partial charge in [-0.2, -0.15) is 0 Å². The van der Waals surface area contributed by atoms with E-state index in [1.807, 2.05) is 13.0 Å². The van der Waals surface area contributed by atoms with E-state index >= 15 is 0 Å². The van der Waals surface area contributed by atoms with Crippen LogP contribution in [0.5, 0.6) is 0 Å². The molecule has 0 aromatic heterocycles. The first-order chi connectivity index (χ1) is 7.06. The summed E-state index contributed by atoms with van der Waals surface area (Å²) in [6.07, 6.45) is 5.15. The Hall–Kier alpha value is -1.13. The Kier molecular flexibility index (Phi) is 3.66. The van der Waals surface area contributed by atoms with Crippen molar-refractivity contribution in [2.24, 2.45) is 11.3 Å². The molecule has 0 bridgehead atoms. The number of rotatable bonds is 4. The lowest BCUT2D eigenvalue weighted by molar-refractivity contribution is -0.136. The molecular formula is C11H16O4. The van der Waals surface area contributed by atoms with Crippen LogP contribution in [0.3, 0.4) is 0 Å². The van der Waals surface area contributed by atoms with E-state index in [2.05, 4.69) is 0 Å². The fourth-order valence-corrected chi connectivity index (χ4v) is 1.92. The molecular weight excluding hydrogens is 196 g/mol. The lowest BCUT2D eigenvalue weighted by Gasteiger charge is -2.38. The number of hydrogen-bond donors (Lipinski definition) is 3. The molecule has 0 radical (unpaired) electrons. The van der Waals surface area contributed by atoms with E-state index in [0.717, 1.165) is 0 Å². The van der Waals surface area contributed by atoms with E-state index in [0.29, 0.717) is 5.57 Å². The van der Waals surface area contributed by atoms with Gasteiger partial charge in [0.2, 0.25) is 0 Å². The largest absolute Gasteiger partial charge is 0.481 e. The SMILES string of the molecule is CC1C=CC=C(CC(=O)O)C1(CO)CO. The van der Waals surface area contributed by atoms with Crippen molar-refractivity contribution in [2.75, 3.05) is 13.2 Å². The van der Waals surface area contributed by atoms with Crippen LogP contribution in [0.15, 0.2) is 23.8 Å². The van der Waals surface area contributed by atoms with Gasteiger partial charge in [-0.1, -0.05) is 25.2 Å². The van der Waals surface area contributed by atoms with Crippen LogP contribution in [0.25, 0.3) is 0 Å². The van der Waals surface area contributed by atoms with Crippen molar-refractivity contribution in [1.29, 1.82) is 0 Å². The monoisotopic (exact) mass is 212 g/mol. The van der Waals surface area contributed by atoms with Gasteiger partial charge in [-0.05, 0) is 11.5 Å². The molecule has 15 heavy (non-hydrogen) atoms. The van der Waals surface area contributed by atoms with Crippen molar-refractivity contribution in [2.45, 2.75) is 13.3 Å². The zero-order valence-electron chi connectivity index (χ0n) is 8.68. The van der Waals surface area contributed by atoms with Gasteiger partial charge in [0.05, 0.1) is 19.6 Å². The summed E-state index contributed by atoms with van der Waals surface area (Å²) >= 11 is 0. The van der Waals surface area contributed by atoms with Crippen LogP contribution in [0.1, 0.15) is 13.3 Å². The smallest absolute Gasteiger partial charge is 0.307 e. The molecule has 1 aliphatic rings. The maximum absolute atomic E-state index is 10.7. The van der Waals surface area contributed by atoms with Crippen LogP contribution in [0.4, 0.5) is 0 Å². The van der Waals surface area contributed by atoms with Gasteiger partial charge in [0.1, 0.15) is 0 Å². The van der Waals surface area contributed by atoms with Crippen LogP contribution in [-0.4, -0.2) is 34.5 Å². The molecule has 84 valence electrons. The van der Waals surface area contributed by atoms with E-state index in [1.165, 1.54) is 0 Å². The molecule has 0 spiro atoms. The lowest BCUT2D eigenvalue weighted by Crippen LogP contribution is -2.39. The van der Waals surface area contributed by atoms with Gasteiger partial charge in [-0.15, -0.1) is 0 Å². The minimum atomic E-state index is -0.949. The summed E-state index contributed by atoms with van der Waals surface area (Å²) in [4.78, 5) is 10.7. The predicted molar refractivity (Wildman–Crippen MR) is 55.2 cm³/mol. The Balaban J connectivity index is 3.03. The van der Waals surface area contributed by atoms with Crippen molar-refractivity contribution >= 4 is 5.97 Å². The highest BCUT2D eigenvalue weighted by molar-refractivity contribution is 5.71. The van der Waals surface area contributed by atoms with Crippen LogP contribution in [0, 0.1) is 11.3 Å². The van der Waals surface area contributed by atoms with Gasteiger partial charge in [0.15, 0.2) is 0 Å². The Morgan fingerprint density at radius 3 is 2.53 bits per heavy atom. The molecule has 1 rings (SSSR count). The first-order valence-corrected chi connectivity index (χ1v) is 4.88. The fraction of sp³-hybridized carbons (Fsp3) is 0.545. The molecule has 0 fully saturated rings. The zero-order chi connectivity index (χ0) is 11.5. The first kappa shape index (κ1) is 11.9. The van der Waals surface area contributed by atoms with Gasteiger partial charge >= 0.3 is 5.97 Å². The van der Waals surface area contributed by atoms with Crippen LogP contribution >= 0.6 is 0 Å². The van der Waals surface area contributed by atoms with Crippen molar-refractivity contribution in [1.82, 2.24) is 0 Å². The van der Waals surface area contributed by atoms with Gasteiger partial charge in [0, 0.05) is 5.41 Å². The molecule has 0 amide bonds. The second-order valence-corrected chi connectivity index (χ2v) is 3.91. The molecule has 4 nitrogen and oxygen atoms in total. The Morgan fingerprint density at radius 2 is 2.07 bits per heavy atom.